The molecule has 8 heteroatoms. The summed E-state index contributed by atoms with van der Waals surface area (Å²) in [6, 6.07) is 3.23. The van der Waals surface area contributed by atoms with Crippen LogP contribution in [-0.4, -0.2) is 20.1 Å². The minimum absolute atomic E-state index is 0.0488. The number of hydrogen-bond donors (Lipinski definition) is 2. The summed E-state index contributed by atoms with van der Waals surface area (Å²) in [7, 11) is 0. The average Bonchev–Trinajstić information content (AvgIpc) is 2.64. The van der Waals surface area contributed by atoms with Crippen LogP contribution in [0.1, 0.15) is 0 Å². The van der Waals surface area contributed by atoms with Crippen LogP contribution in [0, 0.1) is 15.9 Å². The monoisotopic (exact) mass is 223 g/mol. The quantitative estimate of drug-likeness (QED) is 0.585. The van der Waals surface area contributed by atoms with Crippen molar-refractivity contribution in [1.29, 1.82) is 0 Å². The van der Waals surface area contributed by atoms with Crippen LogP contribution in [0.2, 0.25) is 0 Å². The largest absolute Gasteiger partial charge is 0.368 e. The summed E-state index contributed by atoms with van der Waals surface area (Å²) in [5.41, 5.74) is 5.04. The van der Waals surface area contributed by atoms with E-state index in [2.05, 4.69) is 15.2 Å². The third-order valence-corrected chi connectivity index (χ3v) is 1.92. The number of benzene rings is 1. The van der Waals surface area contributed by atoms with Crippen molar-refractivity contribution in [3.05, 3.63) is 34.1 Å². The summed E-state index contributed by atoms with van der Waals surface area (Å²) in [6.07, 6.45) is 0. The van der Waals surface area contributed by atoms with Crippen molar-refractivity contribution in [3.63, 3.8) is 0 Å². The molecular weight excluding hydrogens is 217 g/mol. The van der Waals surface area contributed by atoms with Gasteiger partial charge in [0.25, 0.3) is 5.69 Å². The highest BCUT2D eigenvalue weighted by atomic mass is 19.1. The van der Waals surface area contributed by atoms with Gasteiger partial charge >= 0.3 is 0 Å². The van der Waals surface area contributed by atoms with E-state index in [1.54, 1.807) is 0 Å². The zero-order chi connectivity index (χ0) is 11.7. The lowest BCUT2D eigenvalue weighted by Gasteiger charge is -1.98. The van der Waals surface area contributed by atoms with Gasteiger partial charge in [0, 0.05) is 6.07 Å². The molecule has 0 unspecified atom stereocenters. The van der Waals surface area contributed by atoms with E-state index in [1.807, 2.05) is 0 Å². The SMILES string of the molecule is Nc1nnc(-c2ccc([N+](=O)[O-])cc2F)[nH]1. The Balaban J connectivity index is 2.47. The number of aromatic nitrogens is 3. The highest BCUT2D eigenvalue weighted by Gasteiger charge is 2.14. The lowest BCUT2D eigenvalue weighted by molar-refractivity contribution is -0.385. The number of nitrogens with zero attached hydrogens (tertiary/aromatic N) is 3. The Bertz CT molecular complexity index is 553. The van der Waals surface area contributed by atoms with Crippen molar-refractivity contribution in [1.82, 2.24) is 15.2 Å². The minimum atomic E-state index is -0.759. The van der Waals surface area contributed by atoms with Crippen LogP contribution in [0.4, 0.5) is 16.0 Å². The molecule has 1 aromatic carbocycles. The van der Waals surface area contributed by atoms with Gasteiger partial charge in [0.15, 0.2) is 5.82 Å². The van der Waals surface area contributed by atoms with Gasteiger partial charge in [0.2, 0.25) is 5.95 Å². The van der Waals surface area contributed by atoms with Gasteiger partial charge in [0.05, 0.1) is 16.6 Å². The summed E-state index contributed by atoms with van der Waals surface area (Å²) in [5, 5.41) is 17.4. The molecule has 82 valence electrons. The van der Waals surface area contributed by atoms with Crippen LogP contribution >= 0.6 is 0 Å². The van der Waals surface area contributed by atoms with Crippen LogP contribution in [0.5, 0.6) is 0 Å². The van der Waals surface area contributed by atoms with Crippen molar-refractivity contribution >= 4 is 11.6 Å². The highest BCUT2D eigenvalue weighted by Crippen LogP contribution is 2.23. The fraction of sp³-hybridized carbons (Fsp3) is 0. The number of nitrogen functional groups attached to an aromatic ring is 1. The third kappa shape index (κ3) is 1.67. The number of aromatic amines is 1. The van der Waals surface area contributed by atoms with E-state index >= 15 is 0 Å². The standard InChI is InChI=1S/C8H6FN5O2/c9-6-3-4(14(15)16)1-2-5(6)7-11-8(10)13-12-7/h1-3H,(H3,10,11,12,13). The molecular formula is C8H6FN5O2. The fourth-order valence-electron chi connectivity index (χ4n) is 1.21. The molecule has 1 heterocycles. The van der Waals surface area contributed by atoms with E-state index in [-0.39, 0.29) is 23.0 Å². The van der Waals surface area contributed by atoms with E-state index in [1.165, 1.54) is 12.1 Å². The maximum atomic E-state index is 13.5. The van der Waals surface area contributed by atoms with Gasteiger partial charge in [-0.05, 0) is 6.07 Å². The number of nitro groups is 1. The molecule has 16 heavy (non-hydrogen) atoms. The zero-order valence-corrected chi connectivity index (χ0v) is 7.85. The normalized spacial score (nSPS) is 10.3. The number of non-ortho nitro benzene ring substituents is 1. The van der Waals surface area contributed by atoms with E-state index in [0.717, 1.165) is 6.07 Å². The maximum absolute atomic E-state index is 13.5. The van der Waals surface area contributed by atoms with Crippen LogP contribution in [0.15, 0.2) is 18.2 Å². The van der Waals surface area contributed by atoms with E-state index < -0.39 is 10.7 Å². The predicted molar refractivity (Wildman–Crippen MR) is 52.8 cm³/mol. The second-order valence-corrected chi connectivity index (χ2v) is 2.98. The summed E-state index contributed by atoms with van der Waals surface area (Å²) in [5.74, 6) is -0.581. The number of nitrogens with two attached hydrogens (primary N) is 1. The Hall–Kier alpha value is -2.51. The van der Waals surface area contributed by atoms with Crippen molar-refractivity contribution in [2.45, 2.75) is 0 Å². The van der Waals surface area contributed by atoms with Crippen LogP contribution in [0.25, 0.3) is 11.4 Å². The molecule has 1 aromatic heterocycles. The molecule has 0 spiro atoms. The number of H-pyrrole nitrogens is 1. The lowest BCUT2D eigenvalue weighted by atomic mass is 10.2. The Labute approximate surface area is 88.3 Å². The zero-order valence-electron chi connectivity index (χ0n) is 7.85. The van der Waals surface area contributed by atoms with Gasteiger partial charge in [-0.3, -0.25) is 10.1 Å². The molecule has 0 radical (unpaired) electrons. The molecule has 3 N–H and O–H groups in total. The van der Waals surface area contributed by atoms with Gasteiger partial charge in [-0.15, -0.1) is 10.2 Å². The van der Waals surface area contributed by atoms with Crippen molar-refractivity contribution in [3.8, 4) is 11.4 Å². The number of anilines is 1. The molecule has 0 bridgehead atoms. The number of rotatable bonds is 2. The highest BCUT2D eigenvalue weighted by molar-refractivity contribution is 5.59. The summed E-state index contributed by atoms with van der Waals surface area (Å²) < 4.78 is 13.5. The van der Waals surface area contributed by atoms with Gasteiger partial charge in [-0.25, -0.2) is 4.39 Å². The topological polar surface area (TPSA) is 111 Å². The Morgan fingerprint density at radius 2 is 2.19 bits per heavy atom. The first kappa shape index (κ1) is 10.0. The fourth-order valence-corrected chi connectivity index (χ4v) is 1.21. The molecule has 0 atom stereocenters. The predicted octanol–water partition coefficient (Wildman–Crippen LogP) is 1.10. The molecule has 0 aliphatic carbocycles. The number of hydrogen-bond acceptors (Lipinski definition) is 5. The van der Waals surface area contributed by atoms with Crippen molar-refractivity contribution in [2.75, 3.05) is 5.73 Å². The van der Waals surface area contributed by atoms with E-state index in [4.69, 9.17) is 5.73 Å². The minimum Gasteiger partial charge on any atom is -0.368 e. The second-order valence-electron chi connectivity index (χ2n) is 2.98. The first-order chi connectivity index (χ1) is 7.58. The van der Waals surface area contributed by atoms with Crippen LogP contribution < -0.4 is 5.73 Å². The van der Waals surface area contributed by atoms with Crippen LogP contribution in [0.3, 0.4) is 0 Å². The molecule has 0 saturated heterocycles. The molecule has 0 fully saturated rings. The third-order valence-electron chi connectivity index (χ3n) is 1.92. The van der Waals surface area contributed by atoms with Gasteiger partial charge in [0.1, 0.15) is 5.82 Å². The average molecular weight is 223 g/mol. The summed E-state index contributed by atoms with van der Waals surface area (Å²) >= 11 is 0. The first-order valence-corrected chi connectivity index (χ1v) is 4.20. The molecule has 0 aliphatic rings. The molecule has 0 aliphatic heterocycles. The van der Waals surface area contributed by atoms with Crippen molar-refractivity contribution < 1.29 is 9.31 Å². The molecule has 2 rings (SSSR count). The van der Waals surface area contributed by atoms with E-state index in [0.29, 0.717) is 0 Å². The Morgan fingerprint density at radius 3 is 2.69 bits per heavy atom. The van der Waals surface area contributed by atoms with Crippen LogP contribution in [-0.2, 0) is 0 Å². The summed E-state index contributed by atoms with van der Waals surface area (Å²) in [6.45, 7) is 0. The summed E-state index contributed by atoms with van der Waals surface area (Å²) in [4.78, 5) is 12.2. The van der Waals surface area contributed by atoms with E-state index in [9.17, 15) is 14.5 Å². The van der Waals surface area contributed by atoms with Gasteiger partial charge < -0.3 is 10.7 Å². The van der Waals surface area contributed by atoms with Crippen molar-refractivity contribution in [2.24, 2.45) is 0 Å². The van der Waals surface area contributed by atoms with Gasteiger partial charge in [-0.2, -0.15) is 0 Å². The first-order valence-electron chi connectivity index (χ1n) is 4.20. The number of nitrogens with one attached hydrogen (secondary N) is 1. The molecule has 7 nitrogen and oxygen atoms in total. The maximum Gasteiger partial charge on any atom is 0.272 e. The number of nitro benzene ring substituents is 1. The lowest BCUT2D eigenvalue weighted by Crippen LogP contribution is -1.92. The molecule has 0 amide bonds. The number of halogens is 1. The molecule has 2 aromatic rings. The Kier molecular flexibility index (Phi) is 2.24. The van der Waals surface area contributed by atoms with Gasteiger partial charge in [-0.1, -0.05) is 0 Å². The molecule has 0 saturated carbocycles. The second kappa shape index (κ2) is 3.57. The Morgan fingerprint density at radius 1 is 1.44 bits per heavy atom. The smallest absolute Gasteiger partial charge is 0.272 e.